The molecule has 0 saturated heterocycles. The van der Waals surface area contributed by atoms with E-state index in [4.69, 9.17) is 0 Å². The summed E-state index contributed by atoms with van der Waals surface area (Å²) in [6.45, 7) is 4.51. The predicted molar refractivity (Wildman–Crippen MR) is 227 cm³/mol. The molecule has 0 aromatic carbocycles. The van der Waals surface area contributed by atoms with Crippen molar-refractivity contribution < 1.29 is 28.0 Å². The Balaban J connectivity index is 4.10. The molecule has 4 N–H and O–H groups in total. The van der Waals surface area contributed by atoms with E-state index in [-0.39, 0.29) is 6.42 Å². The summed E-state index contributed by atoms with van der Waals surface area (Å²) in [5.74, 6) is -1.58. The lowest BCUT2D eigenvalue weighted by molar-refractivity contribution is -0.130. The lowest BCUT2D eigenvalue weighted by atomic mass is 10.1. The smallest absolute Gasteiger partial charge is 0.267 e. The van der Waals surface area contributed by atoms with E-state index in [9.17, 15) is 28.0 Å². The molecule has 0 spiro atoms. The maximum absolute atomic E-state index is 12.6. The molecule has 8 heteroatoms. The van der Waals surface area contributed by atoms with Gasteiger partial charge in [0.25, 0.3) is 10.1 Å². The quantitative estimate of drug-likeness (QED) is 0.0281. The number of carbonyl (C=O) groups is 1. The minimum Gasteiger partial charge on any atom is -0.387 e. The first kappa shape index (κ1) is 51.3. The van der Waals surface area contributed by atoms with Gasteiger partial charge < -0.3 is 15.5 Å². The Bertz CT molecular complexity index is 1040. The number of rotatable bonds is 39. The molecule has 0 aliphatic carbocycles. The highest BCUT2D eigenvalue weighted by Gasteiger charge is 2.27. The third-order valence-corrected chi connectivity index (χ3v) is 10.6. The van der Waals surface area contributed by atoms with E-state index in [1.807, 2.05) is 0 Å². The van der Waals surface area contributed by atoms with Crippen LogP contribution in [0.3, 0.4) is 0 Å². The molecule has 0 aliphatic heterocycles. The van der Waals surface area contributed by atoms with Crippen LogP contribution in [0.5, 0.6) is 0 Å². The molecule has 1 amide bonds. The molecule has 0 bridgehead atoms. The fourth-order valence-electron chi connectivity index (χ4n) is 6.42. The molecular formula is C45H83NO6S. The van der Waals surface area contributed by atoms with Crippen LogP contribution in [0, 0.1) is 0 Å². The molecule has 0 radical (unpaired) electrons. The highest BCUT2D eigenvalue weighted by atomic mass is 32.2. The molecule has 0 fully saturated rings. The van der Waals surface area contributed by atoms with Crippen molar-refractivity contribution in [2.24, 2.45) is 0 Å². The van der Waals surface area contributed by atoms with E-state index in [0.29, 0.717) is 12.8 Å². The zero-order valence-electron chi connectivity index (χ0n) is 34.2. The lowest BCUT2D eigenvalue weighted by Gasteiger charge is -2.22. The van der Waals surface area contributed by atoms with Crippen molar-refractivity contribution in [2.75, 3.05) is 5.75 Å². The SMILES string of the molecule is CCCCCCCCCCC/C=C\CCCCCCC(O)C(=O)NC(CS(=O)(=O)O)C(O)/C=C/CC/C=C/CC/C=C/CCCCCCCCCCC. The molecule has 0 saturated carbocycles. The average Bonchev–Trinajstić information content (AvgIpc) is 3.12. The van der Waals surface area contributed by atoms with E-state index >= 15 is 0 Å². The molecule has 0 heterocycles. The van der Waals surface area contributed by atoms with Gasteiger partial charge in [0.05, 0.1) is 17.9 Å². The van der Waals surface area contributed by atoms with Crippen LogP contribution in [0.15, 0.2) is 48.6 Å². The first-order valence-corrected chi connectivity index (χ1v) is 23.6. The molecule has 0 aromatic heterocycles. The van der Waals surface area contributed by atoms with Crippen molar-refractivity contribution in [3.05, 3.63) is 48.6 Å². The monoisotopic (exact) mass is 766 g/mol. The van der Waals surface area contributed by atoms with Crippen LogP contribution in [-0.4, -0.2) is 53.1 Å². The Morgan fingerprint density at radius 2 is 0.849 bits per heavy atom. The van der Waals surface area contributed by atoms with Crippen LogP contribution < -0.4 is 5.32 Å². The summed E-state index contributed by atoms with van der Waals surface area (Å²) in [7, 11) is -4.46. The van der Waals surface area contributed by atoms with Gasteiger partial charge in [-0.25, -0.2) is 0 Å². The summed E-state index contributed by atoms with van der Waals surface area (Å²) in [4.78, 5) is 12.6. The average molecular weight is 766 g/mol. The minimum absolute atomic E-state index is 0.256. The number of aliphatic hydroxyl groups excluding tert-OH is 2. The topological polar surface area (TPSA) is 124 Å². The highest BCUT2D eigenvalue weighted by Crippen LogP contribution is 2.13. The summed E-state index contributed by atoms with van der Waals surface area (Å²) in [5.41, 5.74) is 0. The normalized spacial score (nSPS) is 14.3. The first-order chi connectivity index (χ1) is 25.7. The van der Waals surface area contributed by atoms with Crippen molar-refractivity contribution >= 4 is 16.0 Å². The molecular weight excluding hydrogens is 683 g/mol. The number of nitrogens with one attached hydrogen (secondary N) is 1. The molecule has 0 aliphatic rings. The van der Waals surface area contributed by atoms with Gasteiger partial charge in [-0.3, -0.25) is 9.35 Å². The highest BCUT2D eigenvalue weighted by molar-refractivity contribution is 7.85. The van der Waals surface area contributed by atoms with Gasteiger partial charge in [0, 0.05) is 0 Å². The van der Waals surface area contributed by atoms with Crippen molar-refractivity contribution in [1.29, 1.82) is 0 Å². The molecule has 310 valence electrons. The zero-order valence-corrected chi connectivity index (χ0v) is 35.1. The van der Waals surface area contributed by atoms with Gasteiger partial charge in [0.15, 0.2) is 0 Å². The zero-order chi connectivity index (χ0) is 39.1. The van der Waals surface area contributed by atoms with Gasteiger partial charge in [0.2, 0.25) is 5.91 Å². The summed E-state index contributed by atoms with van der Waals surface area (Å²) >= 11 is 0. The molecule has 0 aromatic rings. The van der Waals surface area contributed by atoms with Crippen molar-refractivity contribution in [2.45, 2.75) is 225 Å². The van der Waals surface area contributed by atoms with Gasteiger partial charge in [-0.1, -0.05) is 184 Å². The third kappa shape index (κ3) is 38.3. The van der Waals surface area contributed by atoms with Crippen LogP contribution in [0.25, 0.3) is 0 Å². The van der Waals surface area contributed by atoms with Gasteiger partial charge in [0.1, 0.15) is 6.10 Å². The van der Waals surface area contributed by atoms with Gasteiger partial charge in [-0.05, 0) is 70.6 Å². The maximum atomic E-state index is 12.6. The largest absolute Gasteiger partial charge is 0.387 e. The van der Waals surface area contributed by atoms with Gasteiger partial charge in [-0.2, -0.15) is 8.42 Å². The Morgan fingerprint density at radius 1 is 0.509 bits per heavy atom. The van der Waals surface area contributed by atoms with E-state index in [1.165, 1.54) is 122 Å². The standard InChI is InChI=1S/C45H83NO6S/c1-3-5-7-9-11-13-15-17-19-21-22-24-25-27-29-31-33-35-37-39-43(47)42(41-53(50,51)52)46-45(49)44(48)40-38-36-34-32-30-28-26-23-20-18-16-14-12-10-8-6-4-2/h22,24,26,28-29,31,37,39,42-44,47-48H,3-21,23,25,27,30,32-36,38,40-41H2,1-2H3,(H,46,49)(H,50,51,52)/b24-22+,28-26-,31-29+,39-37+. The summed E-state index contributed by atoms with van der Waals surface area (Å²) in [6, 6.07) is -1.26. The molecule has 53 heavy (non-hydrogen) atoms. The fourth-order valence-corrected chi connectivity index (χ4v) is 7.16. The maximum Gasteiger partial charge on any atom is 0.267 e. The summed E-state index contributed by atoms with van der Waals surface area (Å²) in [6.07, 6.45) is 48.8. The first-order valence-electron chi connectivity index (χ1n) is 21.9. The lowest BCUT2D eigenvalue weighted by Crippen LogP contribution is -2.50. The fraction of sp³-hybridized carbons (Fsp3) is 0.800. The van der Waals surface area contributed by atoms with Crippen molar-refractivity contribution in [3.63, 3.8) is 0 Å². The minimum atomic E-state index is -4.46. The predicted octanol–water partition coefficient (Wildman–Crippen LogP) is 12.0. The van der Waals surface area contributed by atoms with Crippen LogP contribution in [0.4, 0.5) is 0 Å². The summed E-state index contributed by atoms with van der Waals surface area (Å²) in [5, 5.41) is 23.4. The van der Waals surface area contributed by atoms with Crippen LogP contribution >= 0.6 is 0 Å². The Morgan fingerprint density at radius 3 is 1.25 bits per heavy atom. The number of carbonyl (C=O) groups excluding carboxylic acids is 1. The molecule has 3 atom stereocenters. The van der Waals surface area contributed by atoms with E-state index in [2.05, 4.69) is 55.6 Å². The van der Waals surface area contributed by atoms with Gasteiger partial charge >= 0.3 is 0 Å². The number of amides is 1. The molecule has 3 unspecified atom stereocenters. The Hall–Kier alpha value is -1.74. The third-order valence-electron chi connectivity index (χ3n) is 9.81. The second-order valence-electron chi connectivity index (χ2n) is 15.1. The number of allylic oxidation sites excluding steroid dienone is 7. The second kappa shape index (κ2) is 38.5. The van der Waals surface area contributed by atoms with Crippen molar-refractivity contribution in [1.82, 2.24) is 5.32 Å². The van der Waals surface area contributed by atoms with Gasteiger partial charge in [-0.15, -0.1) is 0 Å². The van der Waals surface area contributed by atoms with E-state index in [1.54, 1.807) is 6.08 Å². The van der Waals surface area contributed by atoms with E-state index in [0.717, 1.165) is 57.8 Å². The van der Waals surface area contributed by atoms with Crippen LogP contribution in [0.2, 0.25) is 0 Å². The number of hydrogen-bond donors (Lipinski definition) is 4. The number of hydrogen-bond acceptors (Lipinski definition) is 5. The van der Waals surface area contributed by atoms with E-state index < -0.39 is 40.0 Å². The van der Waals surface area contributed by atoms with Crippen LogP contribution in [-0.2, 0) is 14.9 Å². The molecule has 7 nitrogen and oxygen atoms in total. The Kier molecular flexibility index (Phi) is 37.3. The van der Waals surface area contributed by atoms with Crippen molar-refractivity contribution in [3.8, 4) is 0 Å². The summed E-state index contributed by atoms with van der Waals surface area (Å²) < 4.78 is 32.6. The second-order valence-corrected chi connectivity index (χ2v) is 16.6. The Labute approximate surface area is 327 Å². The molecule has 0 rings (SSSR count). The number of aliphatic hydroxyl groups is 2. The number of unbranched alkanes of at least 4 members (excludes halogenated alkanes) is 24. The van der Waals surface area contributed by atoms with Crippen LogP contribution in [0.1, 0.15) is 206 Å².